The molecule has 73 valence electrons. The van der Waals surface area contributed by atoms with Crippen LogP contribution in [-0.2, 0) is 14.6 Å². The Kier molecular flexibility index (Phi) is 8.88. The maximum absolute atomic E-state index is 10.8. The first-order valence-electron chi connectivity index (χ1n) is 4.70. The first-order chi connectivity index (χ1) is 5.81. The van der Waals surface area contributed by atoms with Gasteiger partial charge in [0.25, 0.3) is 0 Å². The molecule has 0 heterocycles. The lowest BCUT2D eigenvalue weighted by Gasteiger charge is -2.09. The minimum Gasteiger partial charge on any atom is -0.328 e. The molecule has 0 saturated carbocycles. The summed E-state index contributed by atoms with van der Waals surface area (Å²) < 4.78 is 9.70. The summed E-state index contributed by atoms with van der Waals surface area (Å²) in [7, 11) is 0. The average molecular weight is 175 g/mol. The fourth-order valence-electron chi connectivity index (χ4n) is 0.696. The fraction of sp³-hybridized carbons (Fsp3) is 1.00. The Balaban J connectivity index is 3.04. The largest absolute Gasteiger partial charge is 0.328 e. The summed E-state index contributed by atoms with van der Waals surface area (Å²) in [6.45, 7) is 3.86. The average Bonchev–Trinajstić information content (AvgIpc) is 2.06. The van der Waals surface area contributed by atoms with E-state index in [1.54, 1.807) is 0 Å². The van der Waals surface area contributed by atoms with Crippen molar-refractivity contribution >= 4 is 0 Å². The molecule has 1 radical (unpaired) electrons. The Bertz CT molecular complexity index is 75.8. The quantitative estimate of drug-likeness (QED) is 0.419. The predicted molar refractivity (Wildman–Crippen MR) is 46.2 cm³/mol. The minimum absolute atomic E-state index is 0.511. The molecule has 0 aromatic rings. The van der Waals surface area contributed by atoms with Gasteiger partial charge in [-0.1, -0.05) is 26.7 Å². The van der Waals surface area contributed by atoms with Gasteiger partial charge in [-0.05, 0) is 12.8 Å². The van der Waals surface area contributed by atoms with Crippen molar-refractivity contribution in [1.29, 1.82) is 0 Å². The van der Waals surface area contributed by atoms with Gasteiger partial charge >= 0.3 is 6.48 Å². The standard InChI is InChI=1S/C9H19O3/c1-3-5-7-11-9(10)12-8-6-4-2/h9H,3-8H2,1-2H3. The molecule has 0 atom stereocenters. The predicted octanol–water partition coefficient (Wildman–Crippen LogP) is 2.33. The van der Waals surface area contributed by atoms with E-state index in [4.69, 9.17) is 9.47 Å². The van der Waals surface area contributed by atoms with Crippen LogP contribution < -0.4 is 0 Å². The van der Waals surface area contributed by atoms with Crippen LogP contribution in [0.3, 0.4) is 0 Å². The molecule has 3 nitrogen and oxygen atoms in total. The molecule has 0 aromatic heterocycles. The summed E-state index contributed by atoms with van der Waals surface area (Å²) >= 11 is 0. The van der Waals surface area contributed by atoms with Gasteiger partial charge in [0.2, 0.25) is 0 Å². The lowest BCUT2D eigenvalue weighted by atomic mass is 10.4. The lowest BCUT2D eigenvalue weighted by Crippen LogP contribution is -2.16. The van der Waals surface area contributed by atoms with Crippen LogP contribution in [0, 0.1) is 0 Å². The normalized spacial score (nSPS) is 11.0. The van der Waals surface area contributed by atoms with Gasteiger partial charge in [0.15, 0.2) is 0 Å². The molecule has 0 aliphatic rings. The first-order valence-corrected chi connectivity index (χ1v) is 4.70. The molecule has 12 heavy (non-hydrogen) atoms. The highest BCUT2D eigenvalue weighted by Crippen LogP contribution is 1.97. The van der Waals surface area contributed by atoms with Crippen molar-refractivity contribution in [2.24, 2.45) is 0 Å². The molecule has 0 aliphatic heterocycles. The summed E-state index contributed by atoms with van der Waals surface area (Å²) in [6, 6.07) is 0. The van der Waals surface area contributed by atoms with E-state index in [9.17, 15) is 5.11 Å². The van der Waals surface area contributed by atoms with Crippen molar-refractivity contribution in [2.75, 3.05) is 13.2 Å². The second-order valence-corrected chi connectivity index (χ2v) is 2.74. The molecule has 0 bridgehead atoms. The smallest absolute Gasteiger partial charge is 0.301 e. The highest BCUT2D eigenvalue weighted by Gasteiger charge is 2.03. The summed E-state index contributed by atoms with van der Waals surface area (Å²) in [5.74, 6) is 0. The van der Waals surface area contributed by atoms with Gasteiger partial charge in [-0.25, -0.2) is 0 Å². The number of rotatable bonds is 8. The molecule has 0 saturated heterocycles. The van der Waals surface area contributed by atoms with Crippen molar-refractivity contribution in [3.63, 3.8) is 0 Å². The molecule has 0 aliphatic carbocycles. The zero-order valence-corrected chi connectivity index (χ0v) is 8.04. The number of unbranched alkanes of at least 4 members (excludes halogenated alkanes) is 2. The molecular formula is C9H19O3. The Morgan fingerprint density at radius 2 is 1.42 bits per heavy atom. The maximum Gasteiger partial charge on any atom is 0.301 e. The fourth-order valence-corrected chi connectivity index (χ4v) is 0.696. The van der Waals surface area contributed by atoms with Gasteiger partial charge in [-0.2, -0.15) is 5.11 Å². The van der Waals surface area contributed by atoms with E-state index in [2.05, 4.69) is 13.8 Å². The Labute approximate surface area is 74.7 Å². The topological polar surface area (TPSA) is 38.4 Å². The van der Waals surface area contributed by atoms with Crippen LogP contribution in [0.4, 0.5) is 0 Å². The highest BCUT2D eigenvalue weighted by molar-refractivity contribution is 4.33. The van der Waals surface area contributed by atoms with E-state index in [1.165, 1.54) is 0 Å². The molecule has 0 N–H and O–H groups in total. The molecule has 0 spiro atoms. The second-order valence-electron chi connectivity index (χ2n) is 2.74. The molecule has 0 unspecified atom stereocenters. The van der Waals surface area contributed by atoms with E-state index < -0.39 is 6.48 Å². The van der Waals surface area contributed by atoms with Gasteiger partial charge in [0.05, 0.1) is 13.2 Å². The van der Waals surface area contributed by atoms with Crippen molar-refractivity contribution in [2.45, 2.75) is 46.0 Å². The van der Waals surface area contributed by atoms with Gasteiger partial charge < -0.3 is 9.47 Å². The number of hydrogen-bond acceptors (Lipinski definition) is 2. The van der Waals surface area contributed by atoms with E-state index in [-0.39, 0.29) is 0 Å². The van der Waals surface area contributed by atoms with Crippen molar-refractivity contribution in [1.82, 2.24) is 0 Å². The Hall–Kier alpha value is -0.120. The minimum atomic E-state index is -1.27. The van der Waals surface area contributed by atoms with Crippen molar-refractivity contribution < 1.29 is 14.6 Å². The summed E-state index contributed by atoms with van der Waals surface area (Å²) in [5.41, 5.74) is 0. The van der Waals surface area contributed by atoms with Crippen LogP contribution in [0.25, 0.3) is 0 Å². The molecule has 0 fully saturated rings. The molecular weight excluding hydrogens is 156 g/mol. The third-order valence-corrected chi connectivity index (χ3v) is 1.50. The van der Waals surface area contributed by atoms with Crippen LogP contribution in [0.1, 0.15) is 39.5 Å². The van der Waals surface area contributed by atoms with Gasteiger partial charge in [-0.3, -0.25) is 0 Å². The summed E-state index contributed by atoms with van der Waals surface area (Å²) in [6.07, 6.45) is 3.94. The van der Waals surface area contributed by atoms with Crippen LogP contribution in [-0.4, -0.2) is 19.7 Å². The van der Waals surface area contributed by atoms with Crippen LogP contribution in [0.5, 0.6) is 0 Å². The van der Waals surface area contributed by atoms with Crippen LogP contribution in [0.15, 0.2) is 0 Å². The van der Waals surface area contributed by atoms with E-state index in [0.717, 1.165) is 25.7 Å². The molecule has 0 aromatic carbocycles. The van der Waals surface area contributed by atoms with Gasteiger partial charge in [-0.15, -0.1) is 0 Å². The monoisotopic (exact) mass is 175 g/mol. The molecule has 3 heteroatoms. The lowest BCUT2D eigenvalue weighted by molar-refractivity contribution is -0.292. The Morgan fingerprint density at radius 3 is 1.75 bits per heavy atom. The molecule has 0 rings (SSSR count). The van der Waals surface area contributed by atoms with Crippen LogP contribution >= 0.6 is 0 Å². The van der Waals surface area contributed by atoms with Gasteiger partial charge in [0.1, 0.15) is 0 Å². The third-order valence-electron chi connectivity index (χ3n) is 1.50. The maximum atomic E-state index is 10.8. The van der Waals surface area contributed by atoms with E-state index in [0.29, 0.717) is 13.2 Å². The Morgan fingerprint density at radius 1 is 1.00 bits per heavy atom. The van der Waals surface area contributed by atoms with E-state index in [1.807, 2.05) is 0 Å². The molecule has 0 amide bonds. The van der Waals surface area contributed by atoms with Crippen molar-refractivity contribution in [3.05, 3.63) is 0 Å². The second kappa shape index (κ2) is 8.97. The number of hydrogen-bond donors (Lipinski definition) is 0. The van der Waals surface area contributed by atoms with Crippen molar-refractivity contribution in [3.8, 4) is 0 Å². The summed E-state index contributed by atoms with van der Waals surface area (Å²) in [5, 5.41) is 10.8. The van der Waals surface area contributed by atoms with Crippen LogP contribution in [0.2, 0.25) is 0 Å². The van der Waals surface area contributed by atoms with E-state index >= 15 is 0 Å². The highest BCUT2D eigenvalue weighted by atomic mass is 16.8. The first kappa shape index (κ1) is 11.9. The zero-order chi connectivity index (χ0) is 9.23. The summed E-state index contributed by atoms with van der Waals surface area (Å²) in [4.78, 5) is 0. The zero-order valence-electron chi connectivity index (χ0n) is 8.04. The number of ether oxygens (including phenoxy) is 2. The third kappa shape index (κ3) is 7.98. The van der Waals surface area contributed by atoms with Gasteiger partial charge in [0, 0.05) is 0 Å². The SMILES string of the molecule is CCCCOC([O])OCCCC.